The lowest BCUT2D eigenvalue weighted by atomic mass is 10.1. The fourth-order valence-corrected chi connectivity index (χ4v) is 3.95. The summed E-state index contributed by atoms with van der Waals surface area (Å²) in [7, 11) is -2.01. The normalized spacial score (nSPS) is 11.1. The lowest BCUT2D eigenvalue weighted by Crippen LogP contribution is -2.34. The molecule has 1 rings (SSSR count). The first-order chi connectivity index (χ1) is 8.91. The van der Waals surface area contributed by atoms with E-state index in [0.29, 0.717) is 11.8 Å². The highest BCUT2D eigenvalue weighted by Crippen LogP contribution is 2.28. The fourth-order valence-electron chi connectivity index (χ4n) is 1.86. The van der Waals surface area contributed by atoms with Gasteiger partial charge in [-0.15, -0.1) is 0 Å². The molecule has 0 spiro atoms. The van der Waals surface area contributed by atoms with Crippen LogP contribution in [0.5, 0.6) is 5.75 Å². The Morgan fingerprint density at radius 2 is 2.11 bits per heavy atom. The fraction of sp³-hybridized carbons (Fsp3) is 0.429. The van der Waals surface area contributed by atoms with Crippen LogP contribution < -0.4 is 4.43 Å². The van der Waals surface area contributed by atoms with Gasteiger partial charge in [0.05, 0.1) is 5.56 Å². The average molecular weight is 280 g/mol. The minimum absolute atomic E-state index is 0.0571. The van der Waals surface area contributed by atoms with Gasteiger partial charge in [-0.2, -0.15) is 0 Å². The summed E-state index contributed by atoms with van der Waals surface area (Å²) in [5, 5.41) is 9.18. The number of rotatable bonds is 7. The van der Waals surface area contributed by atoms with Gasteiger partial charge in [-0.3, -0.25) is 4.79 Å². The van der Waals surface area contributed by atoms with E-state index in [4.69, 9.17) is 4.43 Å². The van der Waals surface area contributed by atoms with Crippen LogP contribution in [0.1, 0.15) is 40.5 Å². The molecule has 0 amide bonds. The van der Waals surface area contributed by atoms with Crippen LogP contribution in [0.3, 0.4) is 0 Å². The number of carboxylic acids is 1. The molecule has 0 aromatic heterocycles. The highest BCUT2D eigenvalue weighted by Gasteiger charge is 2.27. The van der Waals surface area contributed by atoms with Crippen LogP contribution in [-0.4, -0.2) is 25.7 Å². The van der Waals surface area contributed by atoms with Gasteiger partial charge in [0.25, 0.3) is 0 Å². The van der Waals surface area contributed by atoms with Gasteiger partial charge in [0.1, 0.15) is 11.3 Å². The summed E-state index contributed by atoms with van der Waals surface area (Å²) in [6, 6.07) is 5.55. The van der Waals surface area contributed by atoms with E-state index >= 15 is 0 Å². The molecule has 0 heterocycles. The van der Waals surface area contributed by atoms with Gasteiger partial charge >= 0.3 is 5.97 Å². The molecular formula is C14H20O4Si. The van der Waals surface area contributed by atoms with E-state index in [9.17, 15) is 14.7 Å². The molecule has 0 radical (unpaired) electrons. The number of unbranched alkanes of at least 4 members (excludes halogenated alkanes) is 1. The molecule has 0 aliphatic carbocycles. The maximum Gasteiger partial charge on any atom is 0.339 e. The van der Waals surface area contributed by atoms with Crippen molar-refractivity contribution in [2.24, 2.45) is 0 Å². The topological polar surface area (TPSA) is 63.6 Å². The molecule has 104 valence electrons. The number of carboxylic acid groups (broad SMARTS) is 1. The molecule has 0 aliphatic rings. The summed E-state index contributed by atoms with van der Waals surface area (Å²) < 4.78 is 5.95. The zero-order valence-corrected chi connectivity index (χ0v) is 12.6. The first-order valence-electron chi connectivity index (χ1n) is 6.42. The van der Waals surface area contributed by atoms with Crippen LogP contribution in [0.25, 0.3) is 0 Å². The van der Waals surface area contributed by atoms with Gasteiger partial charge < -0.3 is 9.53 Å². The molecular weight excluding hydrogens is 260 g/mol. The van der Waals surface area contributed by atoms with Gasteiger partial charge in [0, 0.05) is 0 Å². The van der Waals surface area contributed by atoms with Crippen molar-refractivity contribution in [3.05, 3.63) is 29.3 Å². The van der Waals surface area contributed by atoms with Crippen molar-refractivity contribution in [3.8, 4) is 5.75 Å². The maximum atomic E-state index is 11.2. The molecule has 0 bridgehead atoms. The van der Waals surface area contributed by atoms with Crippen LogP contribution in [0.15, 0.2) is 18.2 Å². The number of hydrogen-bond donors (Lipinski definition) is 1. The quantitative estimate of drug-likeness (QED) is 0.612. The van der Waals surface area contributed by atoms with Crippen LogP contribution in [0.2, 0.25) is 19.1 Å². The van der Waals surface area contributed by atoms with Crippen LogP contribution in [0.4, 0.5) is 0 Å². The van der Waals surface area contributed by atoms with E-state index in [0.717, 1.165) is 18.9 Å². The summed E-state index contributed by atoms with van der Waals surface area (Å²) in [4.78, 5) is 22.3. The molecule has 5 heteroatoms. The average Bonchev–Trinajstić information content (AvgIpc) is 2.36. The number of carbonyl (C=O) groups is 2. The molecule has 0 aliphatic heterocycles. The Morgan fingerprint density at radius 3 is 2.63 bits per heavy atom. The Balaban J connectivity index is 3.10. The highest BCUT2D eigenvalue weighted by atomic mass is 28.4. The third-order valence-electron chi connectivity index (χ3n) is 2.91. The monoisotopic (exact) mass is 280 g/mol. The van der Waals surface area contributed by atoms with Crippen molar-refractivity contribution >= 4 is 20.6 Å². The minimum atomic E-state index is -2.01. The smallest absolute Gasteiger partial charge is 0.339 e. The van der Waals surface area contributed by atoms with E-state index in [1.165, 1.54) is 6.07 Å². The van der Waals surface area contributed by atoms with Gasteiger partial charge in [-0.1, -0.05) is 25.8 Å². The Labute approximate surface area is 114 Å². The number of aromatic carboxylic acids is 1. The first kappa shape index (κ1) is 15.4. The van der Waals surface area contributed by atoms with E-state index in [1.807, 2.05) is 13.1 Å². The first-order valence-corrected chi connectivity index (χ1v) is 9.53. The molecule has 1 aromatic rings. The predicted octanol–water partition coefficient (Wildman–Crippen LogP) is 3.58. The zero-order valence-electron chi connectivity index (χ0n) is 11.6. The Bertz CT molecular complexity index is 469. The second-order valence-electron chi connectivity index (χ2n) is 5.11. The van der Waals surface area contributed by atoms with Crippen LogP contribution in [0, 0.1) is 0 Å². The van der Waals surface area contributed by atoms with Gasteiger partial charge in [0.15, 0.2) is 6.29 Å². The minimum Gasteiger partial charge on any atom is -0.543 e. The lowest BCUT2D eigenvalue weighted by Gasteiger charge is -2.25. The van der Waals surface area contributed by atoms with Crippen molar-refractivity contribution in [2.75, 3.05) is 0 Å². The Morgan fingerprint density at radius 1 is 1.42 bits per heavy atom. The molecule has 4 nitrogen and oxygen atoms in total. The van der Waals surface area contributed by atoms with Crippen LogP contribution in [-0.2, 0) is 0 Å². The summed E-state index contributed by atoms with van der Waals surface area (Å²) in [5.74, 6) is -0.850. The van der Waals surface area contributed by atoms with E-state index in [-0.39, 0.29) is 11.3 Å². The molecule has 0 unspecified atom stereocenters. The summed E-state index contributed by atoms with van der Waals surface area (Å²) >= 11 is 0. The number of para-hydroxylation sites is 1. The zero-order chi connectivity index (χ0) is 14.5. The van der Waals surface area contributed by atoms with Crippen LogP contribution >= 0.6 is 0 Å². The van der Waals surface area contributed by atoms with E-state index < -0.39 is 14.3 Å². The largest absolute Gasteiger partial charge is 0.543 e. The van der Waals surface area contributed by atoms with Crippen molar-refractivity contribution < 1.29 is 19.1 Å². The number of hydrogen-bond acceptors (Lipinski definition) is 3. The summed E-state index contributed by atoms with van der Waals surface area (Å²) in [6.07, 6.45) is 2.76. The Hall–Kier alpha value is -1.62. The molecule has 0 atom stereocenters. The second-order valence-corrected chi connectivity index (χ2v) is 9.34. The number of aldehydes is 1. The SMILES string of the molecule is CCCC[Si](C)(C)Oc1c(C=O)cccc1C(=O)O. The van der Waals surface area contributed by atoms with E-state index in [2.05, 4.69) is 6.92 Å². The number of benzene rings is 1. The molecule has 0 saturated heterocycles. The lowest BCUT2D eigenvalue weighted by molar-refractivity contribution is 0.0695. The highest BCUT2D eigenvalue weighted by molar-refractivity contribution is 6.71. The maximum absolute atomic E-state index is 11.2. The molecule has 1 N–H and O–H groups in total. The van der Waals surface area contributed by atoms with Gasteiger partial charge in [-0.25, -0.2) is 4.79 Å². The third-order valence-corrected chi connectivity index (χ3v) is 5.23. The molecule has 0 fully saturated rings. The molecule has 1 aromatic carbocycles. The molecule has 0 saturated carbocycles. The summed E-state index contributed by atoms with van der Waals surface area (Å²) in [5.41, 5.74) is 0.360. The van der Waals surface area contributed by atoms with E-state index in [1.54, 1.807) is 12.1 Å². The number of carbonyl (C=O) groups excluding carboxylic acids is 1. The predicted molar refractivity (Wildman–Crippen MR) is 76.6 cm³/mol. The van der Waals surface area contributed by atoms with Crippen molar-refractivity contribution in [1.82, 2.24) is 0 Å². The Kier molecular flexibility index (Phi) is 5.29. The standard InChI is InChI=1S/C14H20O4Si/c1-4-5-9-19(2,3)18-13-11(10-15)7-6-8-12(13)14(16)17/h6-8,10H,4-5,9H2,1-3H3,(H,16,17). The third kappa shape index (κ3) is 4.20. The second kappa shape index (κ2) is 6.52. The van der Waals surface area contributed by atoms with Crippen molar-refractivity contribution in [3.63, 3.8) is 0 Å². The van der Waals surface area contributed by atoms with Crippen molar-refractivity contribution in [1.29, 1.82) is 0 Å². The van der Waals surface area contributed by atoms with Gasteiger partial charge in [-0.05, 0) is 31.3 Å². The van der Waals surface area contributed by atoms with Crippen molar-refractivity contribution in [2.45, 2.75) is 38.9 Å². The summed E-state index contributed by atoms with van der Waals surface area (Å²) in [6.45, 7) is 6.18. The van der Waals surface area contributed by atoms with Gasteiger partial charge in [0.2, 0.25) is 8.32 Å². The molecule has 19 heavy (non-hydrogen) atoms.